The van der Waals surface area contributed by atoms with Crippen LogP contribution >= 0.6 is 0 Å². The minimum Gasteiger partial charge on any atom is -0.447 e. The van der Waals surface area contributed by atoms with Crippen LogP contribution in [0.15, 0.2) is 42.7 Å². The molecular formula is C22H26N4O3. The number of hydrogen-bond donors (Lipinski definition) is 0. The van der Waals surface area contributed by atoms with E-state index in [2.05, 4.69) is 22.1 Å². The van der Waals surface area contributed by atoms with Gasteiger partial charge in [-0.05, 0) is 37.2 Å². The average molecular weight is 394 g/mol. The highest BCUT2D eigenvalue weighted by molar-refractivity contribution is 5.89. The standard InChI is InChI=1S/C22H26N4O3/c1-16(27)25-9-7-18(8-10-25)11-19-13-21(24-15-23-19)26-20(14-29-22(26)28)12-17-5-3-2-4-6-17/h2-6,13,15,18,20H,7-12,14H2,1H3/t20-/m1/s1. The number of hydrogen-bond acceptors (Lipinski definition) is 5. The SMILES string of the molecule is CC(=O)N1CCC(Cc2cc(N3C(=O)OC[C@H]3Cc3ccccc3)ncn2)CC1. The average Bonchev–Trinajstić information content (AvgIpc) is 3.09. The fourth-order valence-electron chi connectivity index (χ4n) is 4.15. The van der Waals surface area contributed by atoms with Crippen LogP contribution in [0.4, 0.5) is 10.6 Å². The van der Waals surface area contributed by atoms with E-state index in [-0.39, 0.29) is 18.0 Å². The first-order valence-electron chi connectivity index (χ1n) is 10.2. The van der Waals surface area contributed by atoms with Crippen molar-refractivity contribution in [3.05, 3.63) is 54.0 Å². The summed E-state index contributed by atoms with van der Waals surface area (Å²) in [4.78, 5) is 36.2. The number of benzene rings is 1. The molecule has 2 aliphatic heterocycles. The molecule has 7 heteroatoms. The molecule has 4 rings (SSSR count). The Morgan fingerprint density at radius 3 is 2.62 bits per heavy atom. The Morgan fingerprint density at radius 2 is 1.90 bits per heavy atom. The summed E-state index contributed by atoms with van der Waals surface area (Å²) in [5.41, 5.74) is 2.08. The van der Waals surface area contributed by atoms with Crippen LogP contribution in [0.25, 0.3) is 0 Å². The van der Waals surface area contributed by atoms with Gasteiger partial charge in [-0.1, -0.05) is 30.3 Å². The fourth-order valence-corrected chi connectivity index (χ4v) is 4.15. The van der Waals surface area contributed by atoms with Gasteiger partial charge in [0, 0.05) is 31.8 Å². The van der Waals surface area contributed by atoms with Crippen LogP contribution < -0.4 is 4.90 Å². The number of rotatable bonds is 5. The molecule has 0 aliphatic carbocycles. The zero-order valence-corrected chi connectivity index (χ0v) is 16.7. The summed E-state index contributed by atoms with van der Waals surface area (Å²) < 4.78 is 5.32. The maximum atomic E-state index is 12.4. The van der Waals surface area contributed by atoms with E-state index in [0.717, 1.165) is 50.0 Å². The van der Waals surface area contributed by atoms with Crippen LogP contribution in [0.2, 0.25) is 0 Å². The lowest BCUT2D eigenvalue weighted by Crippen LogP contribution is -2.37. The third-order valence-electron chi connectivity index (χ3n) is 5.79. The highest BCUT2D eigenvalue weighted by atomic mass is 16.6. The summed E-state index contributed by atoms with van der Waals surface area (Å²) in [6.45, 7) is 3.58. The zero-order chi connectivity index (χ0) is 20.2. The topological polar surface area (TPSA) is 75.6 Å². The third-order valence-corrected chi connectivity index (χ3v) is 5.79. The molecule has 0 N–H and O–H groups in total. The molecule has 0 radical (unpaired) electrons. The largest absolute Gasteiger partial charge is 0.447 e. The fraction of sp³-hybridized carbons (Fsp3) is 0.455. The van der Waals surface area contributed by atoms with Gasteiger partial charge in [-0.25, -0.2) is 14.8 Å². The first-order valence-corrected chi connectivity index (χ1v) is 10.2. The Hall–Kier alpha value is -2.96. The Kier molecular flexibility index (Phi) is 5.74. The van der Waals surface area contributed by atoms with Gasteiger partial charge in [0.1, 0.15) is 18.8 Å². The molecule has 2 aliphatic rings. The molecule has 152 valence electrons. The molecule has 0 bridgehead atoms. The second kappa shape index (κ2) is 8.59. The van der Waals surface area contributed by atoms with E-state index >= 15 is 0 Å². The van der Waals surface area contributed by atoms with Crippen LogP contribution in [0.5, 0.6) is 0 Å². The first kappa shape index (κ1) is 19.4. The van der Waals surface area contributed by atoms with Crippen molar-refractivity contribution in [2.24, 2.45) is 5.92 Å². The predicted octanol–water partition coefficient (Wildman–Crippen LogP) is 2.85. The van der Waals surface area contributed by atoms with E-state index < -0.39 is 0 Å². The van der Waals surface area contributed by atoms with Crippen LogP contribution in [0.1, 0.15) is 31.0 Å². The molecular weight excluding hydrogens is 368 g/mol. The second-order valence-electron chi connectivity index (χ2n) is 7.81. The Labute approximate surface area is 170 Å². The summed E-state index contributed by atoms with van der Waals surface area (Å²) in [6, 6.07) is 11.9. The number of piperidine rings is 1. The minimum absolute atomic E-state index is 0.0774. The van der Waals surface area contributed by atoms with Crippen molar-refractivity contribution in [2.45, 2.75) is 38.6 Å². The zero-order valence-electron chi connectivity index (χ0n) is 16.7. The quantitative estimate of drug-likeness (QED) is 0.779. The van der Waals surface area contributed by atoms with Gasteiger partial charge in [0.25, 0.3) is 0 Å². The van der Waals surface area contributed by atoms with Crippen molar-refractivity contribution in [3.63, 3.8) is 0 Å². The van der Waals surface area contributed by atoms with Gasteiger partial charge < -0.3 is 9.64 Å². The number of ether oxygens (including phenoxy) is 1. The summed E-state index contributed by atoms with van der Waals surface area (Å²) in [6.07, 6.45) is 4.66. The molecule has 2 fully saturated rings. The lowest BCUT2D eigenvalue weighted by Gasteiger charge is -2.31. The van der Waals surface area contributed by atoms with Crippen molar-refractivity contribution in [1.29, 1.82) is 0 Å². The van der Waals surface area contributed by atoms with E-state index in [9.17, 15) is 9.59 Å². The molecule has 1 aromatic carbocycles. The van der Waals surface area contributed by atoms with E-state index in [1.807, 2.05) is 29.2 Å². The van der Waals surface area contributed by atoms with Crippen molar-refractivity contribution in [1.82, 2.24) is 14.9 Å². The molecule has 7 nitrogen and oxygen atoms in total. The van der Waals surface area contributed by atoms with Crippen molar-refractivity contribution < 1.29 is 14.3 Å². The normalized spacial score (nSPS) is 20.0. The van der Waals surface area contributed by atoms with Gasteiger partial charge in [0.15, 0.2) is 0 Å². The van der Waals surface area contributed by atoms with Gasteiger partial charge in [0.05, 0.1) is 6.04 Å². The minimum atomic E-state index is -0.356. The molecule has 29 heavy (non-hydrogen) atoms. The second-order valence-corrected chi connectivity index (χ2v) is 7.81. The number of amides is 2. The Morgan fingerprint density at radius 1 is 1.14 bits per heavy atom. The van der Waals surface area contributed by atoms with Gasteiger partial charge >= 0.3 is 6.09 Å². The van der Waals surface area contributed by atoms with Gasteiger partial charge in [0.2, 0.25) is 5.91 Å². The summed E-state index contributed by atoms with van der Waals surface area (Å²) in [5, 5.41) is 0. The van der Waals surface area contributed by atoms with E-state index in [0.29, 0.717) is 18.3 Å². The molecule has 2 saturated heterocycles. The van der Waals surface area contributed by atoms with E-state index in [1.165, 1.54) is 6.33 Å². The number of cyclic esters (lactones) is 1. The van der Waals surface area contributed by atoms with Crippen LogP contribution in [0.3, 0.4) is 0 Å². The van der Waals surface area contributed by atoms with Crippen molar-refractivity contribution in [3.8, 4) is 0 Å². The summed E-state index contributed by atoms with van der Waals surface area (Å²) in [7, 11) is 0. The molecule has 3 heterocycles. The third kappa shape index (κ3) is 4.55. The maximum Gasteiger partial charge on any atom is 0.415 e. The van der Waals surface area contributed by atoms with Crippen molar-refractivity contribution in [2.75, 3.05) is 24.6 Å². The summed E-state index contributed by atoms with van der Waals surface area (Å²) in [5.74, 6) is 1.23. The molecule has 1 aromatic heterocycles. The monoisotopic (exact) mass is 394 g/mol. The molecule has 0 spiro atoms. The lowest BCUT2D eigenvalue weighted by atomic mass is 9.92. The van der Waals surface area contributed by atoms with Gasteiger partial charge in [-0.15, -0.1) is 0 Å². The van der Waals surface area contributed by atoms with Crippen molar-refractivity contribution >= 4 is 17.8 Å². The maximum absolute atomic E-state index is 12.4. The smallest absolute Gasteiger partial charge is 0.415 e. The summed E-state index contributed by atoms with van der Waals surface area (Å²) >= 11 is 0. The molecule has 0 unspecified atom stereocenters. The highest BCUT2D eigenvalue weighted by Crippen LogP contribution is 2.26. The van der Waals surface area contributed by atoms with Crippen LogP contribution in [-0.4, -0.2) is 52.6 Å². The lowest BCUT2D eigenvalue weighted by molar-refractivity contribution is -0.130. The number of nitrogens with zero attached hydrogens (tertiary/aromatic N) is 4. The highest BCUT2D eigenvalue weighted by Gasteiger charge is 2.35. The number of likely N-dealkylation sites (tertiary alicyclic amines) is 1. The number of carbonyl (C=O) groups excluding carboxylic acids is 2. The molecule has 2 aromatic rings. The molecule has 1 atom stereocenters. The predicted molar refractivity (Wildman–Crippen MR) is 108 cm³/mol. The number of carbonyl (C=O) groups is 2. The molecule has 0 saturated carbocycles. The molecule has 2 amide bonds. The Balaban J connectivity index is 1.44. The van der Waals surface area contributed by atoms with Crippen LogP contribution in [0, 0.1) is 5.92 Å². The number of anilines is 1. The van der Waals surface area contributed by atoms with Gasteiger partial charge in [-0.3, -0.25) is 9.69 Å². The van der Waals surface area contributed by atoms with E-state index in [4.69, 9.17) is 4.74 Å². The van der Waals surface area contributed by atoms with Crippen LogP contribution in [-0.2, 0) is 22.4 Å². The Bertz CT molecular complexity index is 865. The number of aromatic nitrogens is 2. The van der Waals surface area contributed by atoms with Gasteiger partial charge in [-0.2, -0.15) is 0 Å². The van der Waals surface area contributed by atoms with E-state index in [1.54, 1.807) is 11.8 Å². The first-order chi connectivity index (χ1) is 14.1.